The molecule has 0 atom stereocenters. The van der Waals surface area contributed by atoms with Crippen LogP contribution in [0.2, 0.25) is 0 Å². The van der Waals surface area contributed by atoms with Gasteiger partial charge < -0.3 is 14.8 Å². The maximum atomic E-state index is 12.2. The lowest BCUT2D eigenvalue weighted by Gasteiger charge is -2.14. The number of fused-ring (bicyclic) bond motifs is 1. The highest BCUT2D eigenvalue weighted by Gasteiger charge is 2.12. The lowest BCUT2D eigenvalue weighted by molar-refractivity contribution is 0.277. The number of rotatable bonds is 6. The van der Waals surface area contributed by atoms with Gasteiger partial charge in [0.05, 0.1) is 12.1 Å². The van der Waals surface area contributed by atoms with Crippen LogP contribution in [0.25, 0.3) is 10.9 Å². The first-order valence-electron chi connectivity index (χ1n) is 8.18. The molecular weight excluding hydrogens is 302 g/mol. The Balaban J connectivity index is 2.03. The van der Waals surface area contributed by atoms with E-state index in [1.54, 1.807) is 6.07 Å². The Hall–Kier alpha value is -2.59. The van der Waals surface area contributed by atoms with Crippen LogP contribution in [-0.2, 0) is 19.6 Å². The van der Waals surface area contributed by atoms with Gasteiger partial charge in [-0.05, 0) is 24.1 Å². The molecule has 0 unspecified atom stereocenters. The number of H-pyrrole nitrogens is 1. The first-order chi connectivity index (χ1) is 11.7. The molecule has 3 aromatic rings. The molecule has 0 fully saturated rings. The minimum Gasteiger partial charge on any atom is -0.489 e. The van der Waals surface area contributed by atoms with E-state index < -0.39 is 0 Å². The van der Waals surface area contributed by atoms with Crippen molar-refractivity contribution in [2.75, 3.05) is 0 Å². The topological polar surface area (TPSA) is 62.3 Å². The predicted octanol–water partition coefficient (Wildman–Crippen LogP) is 3.55. The molecule has 0 aliphatic carbocycles. The first-order valence-corrected chi connectivity index (χ1v) is 8.18. The third kappa shape index (κ3) is 3.34. The number of ether oxygens (including phenoxy) is 1. The number of benzene rings is 2. The molecule has 0 bridgehead atoms. The molecule has 1 heterocycles. The number of hydrogen-bond donors (Lipinski definition) is 2. The van der Waals surface area contributed by atoms with E-state index in [0.29, 0.717) is 17.7 Å². The molecule has 3 rings (SSSR count). The summed E-state index contributed by atoms with van der Waals surface area (Å²) in [6.45, 7) is 2.38. The van der Waals surface area contributed by atoms with E-state index in [1.807, 2.05) is 36.4 Å². The third-order valence-electron chi connectivity index (χ3n) is 4.03. The molecule has 124 valence electrons. The molecule has 0 aliphatic heterocycles. The number of nitrogens with one attached hydrogen (secondary N) is 1. The number of pyridine rings is 1. The van der Waals surface area contributed by atoms with E-state index in [-0.39, 0.29) is 12.0 Å². The van der Waals surface area contributed by atoms with Gasteiger partial charge in [-0.25, -0.2) is 0 Å². The summed E-state index contributed by atoms with van der Waals surface area (Å²) >= 11 is 0. The van der Waals surface area contributed by atoms with Gasteiger partial charge in [0.15, 0.2) is 5.43 Å². The van der Waals surface area contributed by atoms with Crippen molar-refractivity contribution in [1.29, 1.82) is 0 Å². The maximum absolute atomic E-state index is 12.2. The number of aryl methyl sites for hydroxylation is 1. The monoisotopic (exact) mass is 323 g/mol. The van der Waals surface area contributed by atoms with Crippen LogP contribution in [0.4, 0.5) is 0 Å². The van der Waals surface area contributed by atoms with Crippen molar-refractivity contribution in [2.24, 2.45) is 0 Å². The Kier molecular flexibility index (Phi) is 4.96. The Bertz CT molecular complexity index is 885. The summed E-state index contributed by atoms with van der Waals surface area (Å²) in [6.07, 6.45) is 1.73. The fourth-order valence-electron chi connectivity index (χ4n) is 2.86. The van der Waals surface area contributed by atoms with Gasteiger partial charge in [0.2, 0.25) is 0 Å². The normalized spacial score (nSPS) is 10.9. The zero-order valence-electron chi connectivity index (χ0n) is 13.7. The third-order valence-corrected chi connectivity index (χ3v) is 4.03. The molecule has 1 aromatic heterocycles. The Labute approximate surface area is 140 Å². The number of hydrogen-bond acceptors (Lipinski definition) is 3. The lowest BCUT2D eigenvalue weighted by Crippen LogP contribution is -2.08. The molecule has 4 nitrogen and oxygen atoms in total. The van der Waals surface area contributed by atoms with E-state index in [2.05, 4.69) is 11.9 Å². The Morgan fingerprint density at radius 2 is 1.92 bits per heavy atom. The fraction of sp³-hybridized carbons (Fsp3) is 0.250. The van der Waals surface area contributed by atoms with Gasteiger partial charge >= 0.3 is 0 Å². The second-order valence-corrected chi connectivity index (χ2v) is 5.81. The SMILES string of the molecule is CCCc1c(OCc2ccccc2)ccc2c(=O)cc(CO)[nH]c12. The number of aromatic amines is 1. The molecule has 0 saturated carbocycles. The zero-order valence-corrected chi connectivity index (χ0v) is 13.7. The Morgan fingerprint density at radius 3 is 2.62 bits per heavy atom. The molecule has 2 N–H and O–H groups in total. The van der Waals surface area contributed by atoms with Crippen molar-refractivity contribution in [1.82, 2.24) is 4.98 Å². The van der Waals surface area contributed by atoms with E-state index in [1.165, 1.54) is 6.07 Å². The van der Waals surface area contributed by atoms with Gasteiger partial charge in [-0.1, -0.05) is 43.7 Å². The summed E-state index contributed by atoms with van der Waals surface area (Å²) in [4.78, 5) is 15.4. The van der Waals surface area contributed by atoms with Gasteiger partial charge in [0.1, 0.15) is 12.4 Å². The molecule has 0 radical (unpaired) electrons. The van der Waals surface area contributed by atoms with Crippen LogP contribution in [0.5, 0.6) is 5.75 Å². The van der Waals surface area contributed by atoms with Crippen molar-refractivity contribution in [3.8, 4) is 5.75 Å². The van der Waals surface area contributed by atoms with E-state index in [4.69, 9.17) is 4.74 Å². The minimum atomic E-state index is -0.189. The number of aliphatic hydroxyl groups excluding tert-OH is 1. The average molecular weight is 323 g/mol. The number of aromatic nitrogens is 1. The van der Waals surface area contributed by atoms with Crippen LogP contribution in [0.1, 0.15) is 30.2 Å². The van der Waals surface area contributed by atoms with Crippen molar-refractivity contribution in [3.05, 3.63) is 75.6 Å². The molecule has 0 saturated heterocycles. The second-order valence-electron chi connectivity index (χ2n) is 5.81. The van der Waals surface area contributed by atoms with Gasteiger partial charge in [0, 0.05) is 22.7 Å². The van der Waals surface area contributed by atoms with Crippen molar-refractivity contribution in [3.63, 3.8) is 0 Å². The molecule has 2 aromatic carbocycles. The average Bonchev–Trinajstić information content (AvgIpc) is 2.62. The largest absolute Gasteiger partial charge is 0.489 e. The van der Waals surface area contributed by atoms with E-state index >= 15 is 0 Å². The second kappa shape index (κ2) is 7.32. The van der Waals surface area contributed by atoms with Crippen LogP contribution in [0.15, 0.2) is 53.3 Å². The van der Waals surface area contributed by atoms with Gasteiger partial charge in [-0.2, -0.15) is 0 Å². The summed E-state index contributed by atoms with van der Waals surface area (Å²) in [7, 11) is 0. The van der Waals surface area contributed by atoms with Crippen molar-refractivity contribution >= 4 is 10.9 Å². The predicted molar refractivity (Wildman–Crippen MR) is 95.3 cm³/mol. The zero-order chi connectivity index (χ0) is 16.9. The highest BCUT2D eigenvalue weighted by Crippen LogP contribution is 2.27. The Morgan fingerprint density at radius 1 is 1.12 bits per heavy atom. The molecule has 0 amide bonds. The summed E-state index contributed by atoms with van der Waals surface area (Å²) in [5, 5.41) is 9.99. The van der Waals surface area contributed by atoms with Gasteiger partial charge in [-0.3, -0.25) is 4.79 Å². The molecular formula is C20H21NO3. The van der Waals surface area contributed by atoms with Crippen LogP contribution in [0.3, 0.4) is 0 Å². The van der Waals surface area contributed by atoms with Crippen molar-refractivity contribution in [2.45, 2.75) is 33.0 Å². The minimum absolute atomic E-state index is 0.0836. The molecule has 24 heavy (non-hydrogen) atoms. The first kappa shape index (κ1) is 16.3. The molecule has 0 spiro atoms. The van der Waals surface area contributed by atoms with Crippen LogP contribution in [-0.4, -0.2) is 10.1 Å². The molecule has 4 heteroatoms. The quantitative estimate of drug-likeness (QED) is 0.729. The van der Waals surface area contributed by atoms with Gasteiger partial charge in [-0.15, -0.1) is 0 Å². The summed E-state index contributed by atoms with van der Waals surface area (Å²) in [5.74, 6) is 0.777. The lowest BCUT2D eigenvalue weighted by atomic mass is 10.0. The summed E-state index contributed by atoms with van der Waals surface area (Å²) in [6, 6.07) is 15.1. The van der Waals surface area contributed by atoms with Crippen LogP contribution < -0.4 is 10.2 Å². The maximum Gasteiger partial charge on any atom is 0.189 e. The standard InChI is InChI=1S/C20H21NO3/c1-2-6-17-19(24-13-14-7-4-3-5-8-14)10-9-16-18(23)11-15(12-22)21-20(16)17/h3-5,7-11,22H,2,6,12-13H2,1H3,(H,21,23). The highest BCUT2D eigenvalue weighted by atomic mass is 16.5. The van der Waals surface area contributed by atoms with Gasteiger partial charge in [0.25, 0.3) is 0 Å². The molecule has 0 aliphatic rings. The smallest absolute Gasteiger partial charge is 0.189 e. The van der Waals surface area contributed by atoms with E-state index in [0.717, 1.165) is 35.2 Å². The summed E-state index contributed by atoms with van der Waals surface area (Å²) in [5.41, 5.74) is 3.28. The highest BCUT2D eigenvalue weighted by molar-refractivity contribution is 5.84. The fourth-order valence-corrected chi connectivity index (χ4v) is 2.86. The van der Waals surface area contributed by atoms with Crippen LogP contribution >= 0.6 is 0 Å². The van der Waals surface area contributed by atoms with Crippen molar-refractivity contribution < 1.29 is 9.84 Å². The van der Waals surface area contributed by atoms with Crippen LogP contribution in [0, 0.1) is 0 Å². The summed E-state index contributed by atoms with van der Waals surface area (Å²) < 4.78 is 6.01. The number of aliphatic hydroxyl groups is 1. The van der Waals surface area contributed by atoms with E-state index in [9.17, 15) is 9.90 Å².